The number of hydrogen-bond acceptors (Lipinski definition) is 6. The van der Waals surface area contributed by atoms with E-state index in [1.807, 2.05) is 6.92 Å². The highest BCUT2D eigenvalue weighted by Crippen LogP contribution is 2.23. The second-order valence-corrected chi connectivity index (χ2v) is 3.93. The number of hydrogen-bond donors (Lipinski definition) is 1. The number of ether oxygens (including phenoxy) is 2. The quantitative estimate of drug-likeness (QED) is 0.840. The van der Waals surface area contributed by atoms with Gasteiger partial charge in [-0.25, -0.2) is 0 Å². The Morgan fingerprint density at radius 2 is 1.88 bits per heavy atom. The largest absolute Gasteiger partial charge is 0.464 e. The monoisotopic (exact) mass is 238 g/mol. The molecule has 1 fully saturated rings. The Morgan fingerprint density at radius 1 is 1.18 bits per heavy atom. The molecule has 0 unspecified atom stereocenters. The van der Waals surface area contributed by atoms with Crippen molar-refractivity contribution in [1.82, 2.24) is 15.0 Å². The highest BCUT2D eigenvalue weighted by molar-refractivity contribution is 5.26. The molecule has 2 rings (SSSR count). The second kappa shape index (κ2) is 5.65. The molecule has 0 amide bonds. The van der Waals surface area contributed by atoms with Crippen molar-refractivity contribution in [2.75, 3.05) is 19.0 Å². The van der Waals surface area contributed by atoms with Crippen LogP contribution in [0.15, 0.2) is 0 Å². The molecule has 1 saturated carbocycles. The number of aromatic nitrogens is 3. The van der Waals surface area contributed by atoms with E-state index in [1.165, 1.54) is 12.8 Å². The molecule has 1 aromatic rings. The van der Waals surface area contributed by atoms with Crippen LogP contribution in [0.2, 0.25) is 0 Å². The highest BCUT2D eigenvalue weighted by atomic mass is 16.5. The fourth-order valence-electron chi connectivity index (χ4n) is 1.85. The van der Waals surface area contributed by atoms with Gasteiger partial charge in [0, 0.05) is 7.05 Å². The summed E-state index contributed by atoms with van der Waals surface area (Å²) < 4.78 is 11.0. The van der Waals surface area contributed by atoms with Gasteiger partial charge < -0.3 is 14.8 Å². The van der Waals surface area contributed by atoms with Gasteiger partial charge in [0.05, 0.1) is 6.61 Å². The first-order chi connectivity index (χ1) is 8.31. The number of nitrogens with zero attached hydrogens (tertiary/aromatic N) is 3. The Morgan fingerprint density at radius 3 is 2.53 bits per heavy atom. The average molecular weight is 238 g/mol. The van der Waals surface area contributed by atoms with Gasteiger partial charge in [0.15, 0.2) is 0 Å². The van der Waals surface area contributed by atoms with Crippen LogP contribution in [0.1, 0.15) is 32.6 Å². The van der Waals surface area contributed by atoms with E-state index in [9.17, 15) is 0 Å². The van der Waals surface area contributed by atoms with Crippen LogP contribution in [0.5, 0.6) is 12.0 Å². The van der Waals surface area contributed by atoms with Crippen molar-refractivity contribution < 1.29 is 9.47 Å². The number of nitrogens with one attached hydrogen (secondary N) is 1. The van der Waals surface area contributed by atoms with Gasteiger partial charge in [-0.1, -0.05) is 0 Å². The summed E-state index contributed by atoms with van der Waals surface area (Å²) in [5, 5.41) is 2.87. The van der Waals surface area contributed by atoms with Crippen molar-refractivity contribution in [3.8, 4) is 12.0 Å². The van der Waals surface area contributed by atoms with Crippen LogP contribution in [-0.2, 0) is 0 Å². The highest BCUT2D eigenvalue weighted by Gasteiger charge is 2.18. The van der Waals surface area contributed by atoms with Crippen LogP contribution in [-0.4, -0.2) is 34.7 Å². The SMILES string of the molecule is CCOc1nc(NC)nc(OC2CCCC2)n1. The van der Waals surface area contributed by atoms with Crippen molar-refractivity contribution in [2.24, 2.45) is 0 Å². The molecule has 0 aliphatic heterocycles. The van der Waals surface area contributed by atoms with E-state index in [0.717, 1.165) is 12.8 Å². The van der Waals surface area contributed by atoms with Gasteiger partial charge in [-0.15, -0.1) is 4.98 Å². The molecule has 1 N–H and O–H groups in total. The van der Waals surface area contributed by atoms with Crippen LogP contribution < -0.4 is 14.8 Å². The lowest BCUT2D eigenvalue weighted by Crippen LogP contribution is -2.14. The average Bonchev–Trinajstić information content (AvgIpc) is 2.82. The topological polar surface area (TPSA) is 69.2 Å². The first-order valence-electron chi connectivity index (χ1n) is 6.05. The van der Waals surface area contributed by atoms with Crippen molar-refractivity contribution in [2.45, 2.75) is 38.7 Å². The van der Waals surface area contributed by atoms with E-state index in [0.29, 0.717) is 24.6 Å². The zero-order valence-electron chi connectivity index (χ0n) is 10.3. The zero-order chi connectivity index (χ0) is 12.1. The third-order valence-electron chi connectivity index (χ3n) is 2.67. The normalized spacial score (nSPS) is 15.9. The predicted molar refractivity (Wildman–Crippen MR) is 63.4 cm³/mol. The number of anilines is 1. The minimum atomic E-state index is 0.233. The summed E-state index contributed by atoms with van der Waals surface area (Å²) in [6, 6.07) is 0.652. The molecule has 1 aliphatic carbocycles. The van der Waals surface area contributed by atoms with E-state index in [2.05, 4.69) is 20.3 Å². The van der Waals surface area contributed by atoms with Crippen LogP contribution >= 0.6 is 0 Å². The summed E-state index contributed by atoms with van der Waals surface area (Å²) in [5.41, 5.74) is 0. The molecular weight excluding hydrogens is 220 g/mol. The molecule has 0 aromatic carbocycles. The van der Waals surface area contributed by atoms with Gasteiger partial charge in [0.2, 0.25) is 5.95 Å². The van der Waals surface area contributed by atoms with Crippen molar-refractivity contribution in [3.05, 3.63) is 0 Å². The molecule has 0 radical (unpaired) electrons. The Kier molecular flexibility index (Phi) is 3.95. The van der Waals surface area contributed by atoms with Crippen molar-refractivity contribution in [1.29, 1.82) is 0 Å². The van der Waals surface area contributed by atoms with E-state index in [4.69, 9.17) is 9.47 Å². The summed E-state index contributed by atoms with van der Waals surface area (Å²) in [6.07, 6.45) is 4.81. The van der Waals surface area contributed by atoms with E-state index >= 15 is 0 Å². The fraction of sp³-hybridized carbons (Fsp3) is 0.727. The Bertz CT molecular complexity index is 366. The van der Waals surface area contributed by atoms with Crippen LogP contribution in [0, 0.1) is 0 Å². The molecule has 17 heavy (non-hydrogen) atoms. The molecule has 94 valence electrons. The maximum Gasteiger partial charge on any atom is 0.324 e. The maximum atomic E-state index is 5.72. The Hall–Kier alpha value is -1.59. The Labute approximate surface area is 101 Å². The van der Waals surface area contributed by atoms with Gasteiger partial charge in [0.25, 0.3) is 0 Å². The molecule has 6 heteroatoms. The molecular formula is C11H18N4O2. The first kappa shape index (κ1) is 11.9. The molecule has 0 saturated heterocycles. The lowest BCUT2D eigenvalue weighted by atomic mass is 10.3. The van der Waals surface area contributed by atoms with Gasteiger partial charge in [-0.05, 0) is 32.6 Å². The van der Waals surface area contributed by atoms with Crippen molar-refractivity contribution >= 4 is 5.95 Å². The minimum Gasteiger partial charge on any atom is -0.464 e. The lowest BCUT2D eigenvalue weighted by Gasteiger charge is -2.12. The summed E-state index contributed by atoms with van der Waals surface area (Å²) in [4.78, 5) is 12.4. The fourth-order valence-corrected chi connectivity index (χ4v) is 1.85. The third-order valence-corrected chi connectivity index (χ3v) is 2.67. The summed E-state index contributed by atoms with van der Waals surface area (Å²) in [5.74, 6) is 0.469. The molecule has 6 nitrogen and oxygen atoms in total. The van der Waals surface area contributed by atoms with Crippen LogP contribution in [0.25, 0.3) is 0 Å². The maximum absolute atomic E-state index is 5.72. The lowest BCUT2D eigenvalue weighted by molar-refractivity contribution is 0.187. The standard InChI is InChI=1S/C11H18N4O2/c1-3-16-10-13-9(12-2)14-11(15-10)17-8-6-4-5-7-8/h8H,3-7H2,1-2H3,(H,12,13,14,15). The predicted octanol–water partition coefficient (Wildman–Crippen LogP) is 1.63. The smallest absolute Gasteiger partial charge is 0.324 e. The first-order valence-corrected chi connectivity index (χ1v) is 6.05. The van der Waals surface area contributed by atoms with Gasteiger partial charge in [-0.3, -0.25) is 0 Å². The molecule has 0 spiro atoms. The summed E-state index contributed by atoms with van der Waals surface area (Å²) in [7, 11) is 1.75. The molecule has 1 aromatic heterocycles. The van der Waals surface area contributed by atoms with Gasteiger partial charge in [0.1, 0.15) is 6.10 Å². The van der Waals surface area contributed by atoms with E-state index in [-0.39, 0.29) is 6.10 Å². The third kappa shape index (κ3) is 3.18. The molecule has 1 heterocycles. The van der Waals surface area contributed by atoms with E-state index < -0.39 is 0 Å². The second-order valence-electron chi connectivity index (χ2n) is 3.93. The van der Waals surface area contributed by atoms with Gasteiger partial charge >= 0.3 is 12.0 Å². The summed E-state index contributed by atoms with van der Waals surface area (Å²) in [6.45, 7) is 2.41. The minimum absolute atomic E-state index is 0.233. The van der Waals surface area contributed by atoms with E-state index in [1.54, 1.807) is 7.05 Å². The van der Waals surface area contributed by atoms with Gasteiger partial charge in [-0.2, -0.15) is 9.97 Å². The van der Waals surface area contributed by atoms with Crippen LogP contribution in [0.4, 0.5) is 5.95 Å². The Balaban J connectivity index is 2.10. The molecule has 0 atom stereocenters. The number of rotatable bonds is 5. The molecule has 0 bridgehead atoms. The summed E-state index contributed by atoms with van der Waals surface area (Å²) >= 11 is 0. The van der Waals surface area contributed by atoms with Crippen LogP contribution in [0.3, 0.4) is 0 Å². The molecule has 1 aliphatic rings. The van der Waals surface area contributed by atoms with Crippen molar-refractivity contribution in [3.63, 3.8) is 0 Å². The zero-order valence-corrected chi connectivity index (χ0v) is 10.3.